The molecule has 0 N–H and O–H groups in total. The third-order valence-corrected chi connectivity index (χ3v) is 6.51. The molecule has 8 heteroatoms. The fourth-order valence-electron chi connectivity index (χ4n) is 4.29. The lowest BCUT2D eigenvalue weighted by molar-refractivity contribution is 0.306. The maximum absolute atomic E-state index is 13.6. The van der Waals surface area contributed by atoms with Crippen molar-refractivity contribution >= 4 is 39.7 Å². The van der Waals surface area contributed by atoms with Crippen molar-refractivity contribution in [1.29, 1.82) is 0 Å². The van der Waals surface area contributed by atoms with Crippen LogP contribution >= 0.6 is 11.6 Å². The average Bonchev–Trinajstić information content (AvgIpc) is 3.41. The van der Waals surface area contributed by atoms with Gasteiger partial charge >= 0.3 is 0 Å². The second-order valence-corrected chi connectivity index (χ2v) is 9.19. The predicted molar refractivity (Wildman–Crippen MR) is 153 cm³/mol. The zero-order valence-electron chi connectivity index (χ0n) is 20.9. The van der Waals surface area contributed by atoms with Gasteiger partial charge < -0.3 is 13.9 Å². The summed E-state index contributed by atoms with van der Waals surface area (Å²) in [6, 6.07) is 29.4. The van der Waals surface area contributed by atoms with Gasteiger partial charge in [0.15, 0.2) is 5.76 Å². The van der Waals surface area contributed by atoms with Crippen molar-refractivity contribution in [3.63, 3.8) is 0 Å². The van der Waals surface area contributed by atoms with E-state index < -0.39 is 0 Å². The Morgan fingerprint density at radius 1 is 0.923 bits per heavy atom. The van der Waals surface area contributed by atoms with E-state index in [0.29, 0.717) is 50.9 Å². The Morgan fingerprint density at radius 2 is 1.69 bits per heavy atom. The van der Waals surface area contributed by atoms with E-state index in [0.717, 1.165) is 10.9 Å². The summed E-state index contributed by atoms with van der Waals surface area (Å²) in [7, 11) is 1.60. The molecule has 0 amide bonds. The van der Waals surface area contributed by atoms with Crippen LogP contribution in [-0.4, -0.2) is 23.0 Å². The van der Waals surface area contributed by atoms with E-state index in [2.05, 4.69) is 5.10 Å². The maximum Gasteiger partial charge on any atom is 0.282 e. The van der Waals surface area contributed by atoms with E-state index in [1.807, 2.05) is 72.8 Å². The number of hydrogen-bond donors (Lipinski definition) is 0. The van der Waals surface area contributed by atoms with Crippen LogP contribution < -0.4 is 15.0 Å². The molecule has 39 heavy (non-hydrogen) atoms. The van der Waals surface area contributed by atoms with Crippen LogP contribution in [-0.2, 0) is 6.61 Å². The van der Waals surface area contributed by atoms with Crippen LogP contribution in [0.1, 0.15) is 11.1 Å². The second-order valence-electron chi connectivity index (χ2n) is 8.75. The number of para-hydroxylation sites is 2. The second kappa shape index (κ2) is 10.5. The van der Waals surface area contributed by atoms with Crippen molar-refractivity contribution < 1.29 is 13.9 Å². The summed E-state index contributed by atoms with van der Waals surface area (Å²) in [4.78, 5) is 18.4. The number of fused-ring (bicyclic) bond motifs is 2. The fourth-order valence-corrected chi connectivity index (χ4v) is 4.42. The number of ether oxygens (including phenoxy) is 2. The van der Waals surface area contributed by atoms with Gasteiger partial charge in [0.2, 0.25) is 5.82 Å². The highest BCUT2D eigenvalue weighted by molar-refractivity contribution is 6.30. The van der Waals surface area contributed by atoms with E-state index in [1.165, 1.54) is 4.68 Å². The number of furan rings is 1. The minimum atomic E-state index is -0.321. The molecule has 0 bridgehead atoms. The molecule has 0 aliphatic rings. The molecule has 0 atom stereocenters. The van der Waals surface area contributed by atoms with Gasteiger partial charge in [-0.1, -0.05) is 54.1 Å². The van der Waals surface area contributed by atoms with Crippen molar-refractivity contribution in [2.75, 3.05) is 7.11 Å². The number of rotatable bonds is 7. The Balaban J connectivity index is 1.43. The number of hydrogen-bond acceptors (Lipinski definition) is 6. The van der Waals surface area contributed by atoms with Crippen molar-refractivity contribution in [3.05, 3.63) is 124 Å². The lowest BCUT2D eigenvalue weighted by Gasteiger charge is -2.10. The van der Waals surface area contributed by atoms with E-state index in [-0.39, 0.29) is 11.4 Å². The standard InChI is InChI=1S/C31H22ClN3O4/c1-37-27-11-6-12-28-24(27)17-29(39-28)30-34-25-9-4-3-8-23(25)31(36)35(30)33-18-21-7-2-5-10-26(21)38-19-20-13-15-22(32)16-14-20/h2-18H,19H2,1H3. The van der Waals surface area contributed by atoms with E-state index in [9.17, 15) is 4.79 Å². The van der Waals surface area contributed by atoms with Crippen LogP contribution in [0.3, 0.4) is 0 Å². The lowest BCUT2D eigenvalue weighted by Crippen LogP contribution is -2.20. The van der Waals surface area contributed by atoms with E-state index >= 15 is 0 Å². The first kappa shape index (κ1) is 24.5. The van der Waals surface area contributed by atoms with Crippen molar-refractivity contribution in [2.24, 2.45) is 5.10 Å². The number of methoxy groups -OCH3 is 1. The summed E-state index contributed by atoms with van der Waals surface area (Å²) >= 11 is 5.99. The summed E-state index contributed by atoms with van der Waals surface area (Å²) in [6.45, 7) is 0.353. The maximum atomic E-state index is 13.6. The highest BCUT2D eigenvalue weighted by Crippen LogP contribution is 2.33. The van der Waals surface area contributed by atoms with Crippen LogP contribution in [0.2, 0.25) is 5.02 Å². The van der Waals surface area contributed by atoms with Crippen LogP contribution in [0, 0.1) is 0 Å². The van der Waals surface area contributed by atoms with Gasteiger partial charge in [0.05, 0.1) is 29.6 Å². The number of nitrogens with zero attached hydrogens (tertiary/aromatic N) is 3. The third-order valence-electron chi connectivity index (χ3n) is 6.25. The molecule has 0 spiro atoms. The molecule has 0 radical (unpaired) electrons. The minimum absolute atomic E-state index is 0.271. The monoisotopic (exact) mass is 535 g/mol. The fraction of sp³-hybridized carbons (Fsp3) is 0.0645. The van der Waals surface area contributed by atoms with E-state index in [1.54, 1.807) is 37.6 Å². The van der Waals surface area contributed by atoms with Gasteiger partial charge in [-0.15, -0.1) is 0 Å². The average molecular weight is 536 g/mol. The van der Waals surface area contributed by atoms with Crippen LogP contribution in [0.4, 0.5) is 0 Å². The van der Waals surface area contributed by atoms with Crippen LogP contribution in [0.25, 0.3) is 33.5 Å². The van der Waals surface area contributed by atoms with E-state index in [4.69, 9.17) is 30.5 Å². The molecular formula is C31H22ClN3O4. The summed E-state index contributed by atoms with van der Waals surface area (Å²) < 4.78 is 18.9. The smallest absolute Gasteiger partial charge is 0.282 e. The van der Waals surface area contributed by atoms with Gasteiger partial charge in [-0.25, -0.2) is 4.98 Å². The van der Waals surface area contributed by atoms with Gasteiger partial charge in [-0.2, -0.15) is 9.78 Å². The van der Waals surface area contributed by atoms with Gasteiger partial charge in [0.1, 0.15) is 23.7 Å². The quantitative estimate of drug-likeness (QED) is 0.207. The highest BCUT2D eigenvalue weighted by Gasteiger charge is 2.18. The first-order valence-electron chi connectivity index (χ1n) is 12.2. The van der Waals surface area contributed by atoms with Gasteiger partial charge in [0, 0.05) is 10.6 Å². The third kappa shape index (κ3) is 4.87. The largest absolute Gasteiger partial charge is 0.496 e. The molecule has 6 aromatic rings. The van der Waals surface area contributed by atoms with Crippen LogP contribution in [0.15, 0.2) is 111 Å². The summed E-state index contributed by atoms with van der Waals surface area (Å²) in [5, 5.41) is 6.45. The van der Waals surface area contributed by atoms with Gasteiger partial charge in [-0.3, -0.25) is 4.79 Å². The normalized spacial score (nSPS) is 11.4. The Kier molecular flexibility index (Phi) is 6.57. The Morgan fingerprint density at radius 3 is 2.54 bits per heavy atom. The molecule has 192 valence electrons. The number of aromatic nitrogens is 2. The summed E-state index contributed by atoms with van der Waals surface area (Å²) in [5.74, 6) is 1.94. The number of benzene rings is 4. The van der Waals surface area contributed by atoms with Gasteiger partial charge in [0.25, 0.3) is 5.56 Å². The SMILES string of the molecule is COc1cccc2oc(-c3nc4ccccc4c(=O)n3N=Cc3ccccc3OCc3ccc(Cl)cc3)cc12. The van der Waals surface area contributed by atoms with Crippen molar-refractivity contribution in [2.45, 2.75) is 6.61 Å². The number of halogens is 1. The zero-order valence-corrected chi connectivity index (χ0v) is 21.6. The topological polar surface area (TPSA) is 78.9 Å². The van der Waals surface area contributed by atoms with Gasteiger partial charge in [-0.05, 0) is 60.2 Å². The molecule has 0 saturated carbocycles. The molecule has 2 heterocycles. The minimum Gasteiger partial charge on any atom is -0.496 e. The molecule has 7 nitrogen and oxygen atoms in total. The molecule has 0 fully saturated rings. The summed E-state index contributed by atoms with van der Waals surface area (Å²) in [5.41, 5.74) is 2.51. The molecule has 0 aliphatic carbocycles. The predicted octanol–water partition coefficient (Wildman–Crippen LogP) is 6.93. The molecule has 0 aliphatic heterocycles. The zero-order chi connectivity index (χ0) is 26.8. The van der Waals surface area contributed by atoms with Crippen LogP contribution in [0.5, 0.6) is 11.5 Å². The molecule has 4 aromatic carbocycles. The molecular weight excluding hydrogens is 514 g/mol. The highest BCUT2D eigenvalue weighted by atomic mass is 35.5. The lowest BCUT2D eigenvalue weighted by atomic mass is 10.2. The Bertz CT molecular complexity index is 1890. The van der Waals surface area contributed by atoms with Crippen molar-refractivity contribution in [3.8, 4) is 23.1 Å². The molecule has 2 aromatic heterocycles. The summed E-state index contributed by atoms with van der Waals surface area (Å²) in [6.07, 6.45) is 1.59. The molecule has 0 saturated heterocycles. The molecule has 6 rings (SSSR count). The Hall–Kier alpha value is -4.88. The molecule has 0 unspecified atom stereocenters. The first-order valence-corrected chi connectivity index (χ1v) is 12.6. The first-order chi connectivity index (χ1) is 19.1. The van der Waals surface area contributed by atoms with Crippen molar-refractivity contribution in [1.82, 2.24) is 9.66 Å². The Labute approximate surface area is 228 Å².